The van der Waals surface area contributed by atoms with Crippen molar-refractivity contribution in [1.29, 1.82) is 0 Å². The van der Waals surface area contributed by atoms with Crippen LogP contribution in [0.3, 0.4) is 0 Å². The van der Waals surface area contributed by atoms with E-state index < -0.39 is 18.5 Å². The van der Waals surface area contributed by atoms with Gasteiger partial charge in [-0.3, -0.25) is 0 Å². The number of nitrogens with zero attached hydrogens (tertiary/aromatic N) is 1. The minimum atomic E-state index is -1.17. The molecule has 0 saturated heterocycles. The van der Waals surface area contributed by atoms with E-state index in [4.69, 9.17) is 10.2 Å². The largest absolute Gasteiger partial charge is 0.479 e. The van der Waals surface area contributed by atoms with Crippen molar-refractivity contribution in [3.63, 3.8) is 0 Å². The molecular weight excluding hydrogens is 178 g/mol. The number of rotatable bonds is 4. The normalized spacial score (nSPS) is 9.54. The van der Waals surface area contributed by atoms with Gasteiger partial charge in [-0.15, -0.1) is 0 Å². The van der Waals surface area contributed by atoms with Crippen LogP contribution in [0.1, 0.15) is 10.5 Å². The molecule has 0 fully saturated rings. The van der Waals surface area contributed by atoms with E-state index in [1.165, 1.54) is 18.3 Å². The molecule has 0 radical (unpaired) electrons. The Kier molecular flexibility index (Phi) is 2.53. The minimum Gasteiger partial charge on any atom is -0.479 e. The molecule has 6 heteroatoms. The summed E-state index contributed by atoms with van der Waals surface area (Å²) >= 11 is 0. The van der Waals surface area contributed by atoms with E-state index in [2.05, 4.69) is 4.84 Å². The molecule has 0 spiro atoms. The van der Waals surface area contributed by atoms with Gasteiger partial charge in [0.15, 0.2) is 5.69 Å². The van der Waals surface area contributed by atoms with Gasteiger partial charge in [0.05, 0.1) is 0 Å². The highest BCUT2D eigenvalue weighted by molar-refractivity contribution is 5.85. The van der Waals surface area contributed by atoms with Crippen LogP contribution in [-0.2, 0) is 4.79 Å². The second kappa shape index (κ2) is 3.61. The van der Waals surface area contributed by atoms with Crippen molar-refractivity contribution in [1.82, 2.24) is 4.73 Å². The third-order valence-corrected chi connectivity index (χ3v) is 1.26. The molecule has 0 saturated carbocycles. The summed E-state index contributed by atoms with van der Waals surface area (Å²) in [4.78, 5) is 25.2. The Labute approximate surface area is 72.9 Å². The van der Waals surface area contributed by atoms with Crippen molar-refractivity contribution < 1.29 is 24.6 Å². The number of hydrogen-bond acceptors (Lipinski definition) is 3. The van der Waals surface area contributed by atoms with Gasteiger partial charge in [-0.25, -0.2) is 9.59 Å². The van der Waals surface area contributed by atoms with Gasteiger partial charge < -0.3 is 15.1 Å². The third-order valence-electron chi connectivity index (χ3n) is 1.26. The Bertz CT molecular complexity index is 329. The van der Waals surface area contributed by atoms with E-state index in [0.717, 1.165) is 4.73 Å². The predicted molar refractivity (Wildman–Crippen MR) is 40.5 cm³/mol. The van der Waals surface area contributed by atoms with Gasteiger partial charge >= 0.3 is 11.9 Å². The van der Waals surface area contributed by atoms with Crippen molar-refractivity contribution in [3.8, 4) is 0 Å². The Balaban J connectivity index is 2.71. The number of carbonyl (C=O) groups is 2. The second-order valence-corrected chi connectivity index (χ2v) is 2.19. The summed E-state index contributed by atoms with van der Waals surface area (Å²) in [6.07, 6.45) is 1.33. The first kappa shape index (κ1) is 9.11. The molecule has 0 aliphatic rings. The van der Waals surface area contributed by atoms with Gasteiger partial charge in [-0.1, -0.05) is 0 Å². The quantitative estimate of drug-likeness (QED) is 0.672. The van der Waals surface area contributed by atoms with Crippen LogP contribution in [0.5, 0.6) is 0 Å². The van der Waals surface area contributed by atoms with E-state index in [0.29, 0.717) is 0 Å². The monoisotopic (exact) mass is 185 g/mol. The van der Waals surface area contributed by atoms with Crippen molar-refractivity contribution in [3.05, 3.63) is 24.0 Å². The molecule has 0 aromatic carbocycles. The Hall–Kier alpha value is -1.98. The van der Waals surface area contributed by atoms with E-state index in [-0.39, 0.29) is 5.69 Å². The highest BCUT2D eigenvalue weighted by Crippen LogP contribution is 1.99. The average Bonchev–Trinajstić information content (AvgIpc) is 2.47. The maximum absolute atomic E-state index is 10.5. The van der Waals surface area contributed by atoms with Gasteiger partial charge in [0.25, 0.3) is 0 Å². The van der Waals surface area contributed by atoms with Crippen LogP contribution in [0, 0.1) is 0 Å². The van der Waals surface area contributed by atoms with Crippen molar-refractivity contribution in [2.75, 3.05) is 6.61 Å². The smallest absolute Gasteiger partial charge is 0.355 e. The number of carboxylic acids is 2. The first-order valence-corrected chi connectivity index (χ1v) is 3.37. The minimum absolute atomic E-state index is 0.110. The molecule has 70 valence electrons. The molecule has 0 amide bonds. The zero-order valence-electron chi connectivity index (χ0n) is 6.51. The summed E-state index contributed by atoms with van der Waals surface area (Å²) in [6, 6.07) is 2.76. The number of aromatic carboxylic acids is 1. The average molecular weight is 185 g/mol. The maximum atomic E-state index is 10.5. The van der Waals surface area contributed by atoms with Gasteiger partial charge in [0.1, 0.15) is 0 Å². The highest BCUT2D eigenvalue weighted by atomic mass is 16.7. The first-order valence-electron chi connectivity index (χ1n) is 3.37. The van der Waals surface area contributed by atoms with E-state index in [1.54, 1.807) is 0 Å². The van der Waals surface area contributed by atoms with Crippen molar-refractivity contribution >= 4 is 11.9 Å². The standard InChI is InChI=1S/C7H7NO5/c9-6(10)4-13-8-3-1-2-5(8)7(11)12/h1-3H,4H2,(H,9,10)(H,11,12). The van der Waals surface area contributed by atoms with Gasteiger partial charge in [-0.2, -0.15) is 4.73 Å². The lowest BCUT2D eigenvalue weighted by molar-refractivity contribution is -0.142. The number of aromatic nitrogens is 1. The lowest BCUT2D eigenvalue weighted by Gasteiger charge is -2.05. The lowest BCUT2D eigenvalue weighted by Crippen LogP contribution is -2.21. The number of aliphatic carboxylic acids is 1. The fourth-order valence-electron chi connectivity index (χ4n) is 0.769. The van der Waals surface area contributed by atoms with E-state index in [1.807, 2.05) is 0 Å². The van der Waals surface area contributed by atoms with Crippen LogP contribution < -0.4 is 4.84 Å². The van der Waals surface area contributed by atoms with Crippen molar-refractivity contribution in [2.24, 2.45) is 0 Å². The summed E-state index contributed by atoms with van der Waals surface area (Å²) in [5, 5.41) is 16.8. The highest BCUT2D eigenvalue weighted by Gasteiger charge is 2.09. The zero-order valence-corrected chi connectivity index (χ0v) is 6.51. The summed E-state index contributed by atoms with van der Waals surface area (Å²) in [5.74, 6) is -2.33. The van der Waals surface area contributed by atoms with Crippen LogP contribution in [0.25, 0.3) is 0 Å². The van der Waals surface area contributed by atoms with E-state index in [9.17, 15) is 9.59 Å². The molecule has 0 unspecified atom stereocenters. The fraction of sp³-hybridized carbons (Fsp3) is 0.143. The van der Waals surface area contributed by atoms with Gasteiger partial charge in [0.2, 0.25) is 6.61 Å². The fourth-order valence-corrected chi connectivity index (χ4v) is 0.769. The van der Waals surface area contributed by atoms with Crippen LogP contribution >= 0.6 is 0 Å². The predicted octanol–water partition coefficient (Wildman–Crippen LogP) is -0.301. The summed E-state index contributed by atoms with van der Waals surface area (Å²) in [5.41, 5.74) is -0.110. The Morgan fingerprint density at radius 1 is 1.46 bits per heavy atom. The van der Waals surface area contributed by atoms with Crippen LogP contribution in [0.15, 0.2) is 18.3 Å². The molecule has 1 heterocycles. The molecule has 1 aromatic heterocycles. The first-order chi connectivity index (χ1) is 6.11. The third kappa shape index (κ3) is 2.22. The topological polar surface area (TPSA) is 88.8 Å². The van der Waals surface area contributed by atoms with Crippen LogP contribution in [0.4, 0.5) is 0 Å². The van der Waals surface area contributed by atoms with E-state index >= 15 is 0 Å². The number of carboxylic acid groups (broad SMARTS) is 2. The molecule has 0 atom stereocenters. The van der Waals surface area contributed by atoms with Crippen LogP contribution in [0.2, 0.25) is 0 Å². The summed E-state index contributed by atoms with van der Waals surface area (Å²) in [6.45, 7) is -0.574. The second-order valence-electron chi connectivity index (χ2n) is 2.19. The Morgan fingerprint density at radius 2 is 2.15 bits per heavy atom. The molecule has 0 aliphatic carbocycles. The molecule has 0 bridgehead atoms. The molecular formula is C7H7NO5. The molecule has 0 aliphatic heterocycles. The molecule has 13 heavy (non-hydrogen) atoms. The SMILES string of the molecule is O=C(O)COn1cccc1C(=O)O. The lowest BCUT2D eigenvalue weighted by atomic mass is 10.4. The van der Waals surface area contributed by atoms with Gasteiger partial charge in [-0.05, 0) is 12.1 Å². The molecule has 1 rings (SSSR count). The molecule has 2 N–H and O–H groups in total. The Morgan fingerprint density at radius 3 is 2.69 bits per heavy atom. The number of hydrogen-bond donors (Lipinski definition) is 2. The van der Waals surface area contributed by atoms with Crippen molar-refractivity contribution in [2.45, 2.75) is 0 Å². The maximum Gasteiger partial charge on any atom is 0.355 e. The summed E-state index contributed by atoms with van der Waals surface area (Å²) < 4.78 is 0.899. The summed E-state index contributed by atoms with van der Waals surface area (Å²) in [7, 11) is 0. The van der Waals surface area contributed by atoms with Crippen LogP contribution in [-0.4, -0.2) is 33.5 Å². The molecule has 6 nitrogen and oxygen atoms in total. The zero-order chi connectivity index (χ0) is 9.84. The van der Waals surface area contributed by atoms with Gasteiger partial charge in [0, 0.05) is 6.20 Å². The molecule has 1 aromatic rings.